The molecule has 0 aromatic heterocycles. The summed E-state index contributed by atoms with van der Waals surface area (Å²) in [5.41, 5.74) is -0.686. The predicted octanol–water partition coefficient (Wildman–Crippen LogP) is -1.48. The smallest absolute Gasteiger partial charge is 0.335 e. The third kappa shape index (κ3) is 1.45. The van der Waals surface area contributed by atoms with Gasteiger partial charge in [-0.2, -0.15) is 0 Å². The number of carbonyl (C=O) groups is 1. The lowest BCUT2D eigenvalue weighted by Gasteiger charge is -2.41. The highest BCUT2D eigenvalue weighted by Crippen LogP contribution is 2.55. The van der Waals surface area contributed by atoms with Gasteiger partial charge in [0, 0.05) is 5.41 Å². The molecule has 2 aliphatic rings. The number of hydrogen-bond acceptors (Lipinski definition) is 5. The maximum absolute atomic E-state index is 10.9. The van der Waals surface area contributed by atoms with Gasteiger partial charge in [-0.15, -0.1) is 0 Å². The largest absolute Gasteiger partial charge is 0.479 e. The van der Waals surface area contributed by atoms with E-state index < -0.39 is 35.9 Å². The average Bonchev–Trinajstić information content (AvgIpc) is 2.96. The van der Waals surface area contributed by atoms with E-state index in [9.17, 15) is 15.0 Å². The molecule has 4 atom stereocenters. The number of likely N-dealkylation sites (N-methyl/N-ethyl adjacent to an activating group) is 1. The van der Waals surface area contributed by atoms with E-state index in [-0.39, 0.29) is 0 Å². The van der Waals surface area contributed by atoms with Gasteiger partial charge in [0.15, 0.2) is 6.10 Å². The van der Waals surface area contributed by atoms with Gasteiger partial charge >= 0.3 is 5.97 Å². The van der Waals surface area contributed by atoms with Crippen LogP contribution in [0.15, 0.2) is 0 Å². The molecule has 2 fully saturated rings. The molecule has 86 valence electrons. The molecular formula is C9H15NO5. The lowest BCUT2D eigenvalue weighted by atomic mass is 9.85. The van der Waals surface area contributed by atoms with E-state index in [0.717, 1.165) is 0 Å². The number of rotatable bonds is 2. The van der Waals surface area contributed by atoms with Crippen LogP contribution in [0.3, 0.4) is 0 Å². The first kappa shape index (κ1) is 10.8. The predicted molar refractivity (Wildman–Crippen MR) is 49.0 cm³/mol. The van der Waals surface area contributed by atoms with Crippen LogP contribution < -0.4 is 5.32 Å². The van der Waals surface area contributed by atoms with Gasteiger partial charge in [0.05, 0.1) is 6.10 Å². The molecule has 0 bridgehead atoms. The topological polar surface area (TPSA) is 99.0 Å². The number of ether oxygens (including phenoxy) is 1. The zero-order valence-corrected chi connectivity index (χ0v) is 8.38. The van der Waals surface area contributed by atoms with Crippen LogP contribution in [0.1, 0.15) is 12.8 Å². The first-order chi connectivity index (χ1) is 7.03. The van der Waals surface area contributed by atoms with E-state index in [0.29, 0.717) is 12.8 Å². The molecule has 1 aliphatic carbocycles. The van der Waals surface area contributed by atoms with Crippen LogP contribution in [-0.2, 0) is 9.53 Å². The summed E-state index contributed by atoms with van der Waals surface area (Å²) in [6, 6.07) is 0. The highest BCUT2D eigenvalue weighted by atomic mass is 16.6. The van der Waals surface area contributed by atoms with Crippen molar-refractivity contribution in [1.29, 1.82) is 0 Å². The van der Waals surface area contributed by atoms with E-state index in [1.165, 1.54) is 0 Å². The highest BCUT2D eigenvalue weighted by molar-refractivity contribution is 5.73. The van der Waals surface area contributed by atoms with Gasteiger partial charge in [0.25, 0.3) is 0 Å². The zero-order chi connectivity index (χ0) is 11.2. The lowest BCUT2D eigenvalue weighted by molar-refractivity contribution is -0.224. The van der Waals surface area contributed by atoms with Gasteiger partial charge in [-0.05, 0) is 19.9 Å². The molecule has 6 nitrogen and oxygen atoms in total. The molecule has 6 heteroatoms. The minimum absolute atomic E-state index is 0.640. The Bertz CT molecular complexity index is 278. The number of nitrogens with one attached hydrogen (secondary N) is 1. The van der Waals surface area contributed by atoms with Crippen LogP contribution in [0.5, 0.6) is 0 Å². The van der Waals surface area contributed by atoms with Crippen molar-refractivity contribution in [2.24, 2.45) is 5.41 Å². The molecule has 1 spiro atoms. The zero-order valence-electron chi connectivity index (χ0n) is 8.38. The summed E-state index contributed by atoms with van der Waals surface area (Å²) in [6.07, 6.45) is -2.69. The van der Waals surface area contributed by atoms with Gasteiger partial charge in [-0.1, -0.05) is 0 Å². The molecule has 1 saturated carbocycles. The van der Waals surface area contributed by atoms with Crippen molar-refractivity contribution in [3.63, 3.8) is 0 Å². The third-order valence-electron chi connectivity index (χ3n) is 3.40. The van der Waals surface area contributed by atoms with Gasteiger partial charge in [0.1, 0.15) is 12.3 Å². The number of aliphatic carboxylic acids is 1. The third-order valence-corrected chi connectivity index (χ3v) is 3.40. The van der Waals surface area contributed by atoms with Crippen molar-refractivity contribution in [2.75, 3.05) is 7.05 Å². The normalized spacial score (nSPS) is 42.9. The summed E-state index contributed by atoms with van der Waals surface area (Å²) in [5, 5.41) is 31.3. The Hall–Kier alpha value is -0.690. The minimum Gasteiger partial charge on any atom is -0.479 e. The quantitative estimate of drug-likeness (QED) is 0.450. The van der Waals surface area contributed by atoms with Crippen LogP contribution in [0.2, 0.25) is 0 Å². The summed E-state index contributed by atoms with van der Waals surface area (Å²) in [6.45, 7) is 0. The summed E-state index contributed by atoms with van der Waals surface area (Å²) < 4.78 is 5.09. The molecule has 1 heterocycles. The summed E-state index contributed by atoms with van der Waals surface area (Å²) in [5.74, 6) is -1.19. The monoisotopic (exact) mass is 217 g/mol. The van der Waals surface area contributed by atoms with E-state index >= 15 is 0 Å². The number of carboxylic acids is 1. The fourth-order valence-electron chi connectivity index (χ4n) is 2.24. The van der Waals surface area contributed by atoms with Crippen molar-refractivity contribution in [1.82, 2.24) is 5.32 Å². The highest BCUT2D eigenvalue weighted by Gasteiger charge is 2.63. The first-order valence-electron chi connectivity index (χ1n) is 4.94. The number of carboxylic acid groups (broad SMARTS) is 1. The second-order valence-corrected chi connectivity index (χ2v) is 4.23. The van der Waals surface area contributed by atoms with Gasteiger partial charge < -0.3 is 20.1 Å². The van der Waals surface area contributed by atoms with Gasteiger partial charge in [-0.25, -0.2) is 4.79 Å². The Morgan fingerprint density at radius 2 is 2.00 bits per heavy atom. The Kier molecular flexibility index (Phi) is 2.46. The number of aliphatic hydroxyl groups is 2. The molecular weight excluding hydrogens is 202 g/mol. The Labute approximate surface area is 86.9 Å². The summed E-state index contributed by atoms with van der Waals surface area (Å²) >= 11 is 0. The summed E-state index contributed by atoms with van der Waals surface area (Å²) in [4.78, 5) is 10.9. The second kappa shape index (κ2) is 3.41. The van der Waals surface area contributed by atoms with Crippen molar-refractivity contribution in [3.05, 3.63) is 0 Å². The molecule has 2 rings (SSSR count). The van der Waals surface area contributed by atoms with Crippen LogP contribution in [0.4, 0.5) is 0 Å². The Balaban J connectivity index is 2.22. The fraction of sp³-hybridized carbons (Fsp3) is 0.889. The maximum atomic E-state index is 10.9. The van der Waals surface area contributed by atoms with Crippen molar-refractivity contribution < 1.29 is 24.9 Å². The molecule has 0 aromatic rings. The van der Waals surface area contributed by atoms with Crippen molar-refractivity contribution >= 4 is 5.97 Å². The average molecular weight is 217 g/mol. The van der Waals surface area contributed by atoms with Gasteiger partial charge in [-0.3, -0.25) is 5.32 Å². The maximum Gasteiger partial charge on any atom is 0.335 e. The molecule has 1 saturated heterocycles. The lowest BCUT2D eigenvalue weighted by Crippen LogP contribution is -2.61. The Morgan fingerprint density at radius 1 is 1.40 bits per heavy atom. The SMILES string of the molecule is CNC1O[C@H](C(=O)O)[C@@H](O)C2(CC2)[C@H]1O. The van der Waals surface area contributed by atoms with Crippen molar-refractivity contribution in [2.45, 2.75) is 37.4 Å². The Morgan fingerprint density at radius 3 is 2.40 bits per heavy atom. The van der Waals surface area contributed by atoms with E-state index in [1.54, 1.807) is 7.05 Å². The molecule has 15 heavy (non-hydrogen) atoms. The molecule has 1 aliphatic heterocycles. The van der Waals surface area contributed by atoms with Crippen LogP contribution >= 0.6 is 0 Å². The molecule has 0 radical (unpaired) electrons. The molecule has 0 aromatic carbocycles. The van der Waals surface area contributed by atoms with Crippen LogP contribution in [0, 0.1) is 5.41 Å². The molecule has 4 N–H and O–H groups in total. The molecule has 1 unspecified atom stereocenters. The number of hydrogen-bond donors (Lipinski definition) is 4. The first-order valence-corrected chi connectivity index (χ1v) is 4.94. The molecule has 0 amide bonds. The summed E-state index contributed by atoms with van der Waals surface area (Å²) in [7, 11) is 1.58. The van der Waals surface area contributed by atoms with Crippen LogP contribution in [0.25, 0.3) is 0 Å². The number of aliphatic hydroxyl groups excluding tert-OH is 2. The second-order valence-electron chi connectivity index (χ2n) is 4.23. The minimum atomic E-state index is -1.26. The van der Waals surface area contributed by atoms with Crippen molar-refractivity contribution in [3.8, 4) is 0 Å². The standard InChI is InChI=1S/C9H15NO5/c1-10-7-6(12)9(2-3-9)5(11)4(15-7)8(13)14/h4-7,10-12H,2-3H2,1H3,(H,13,14)/t4-,5+,6-,7?/m0/s1. The van der Waals surface area contributed by atoms with E-state index in [4.69, 9.17) is 9.84 Å². The van der Waals surface area contributed by atoms with Gasteiger partial charge in [0.2, 0.25) is 0 Å². The fourth-order valence-corrected chi connectivity index (χ4v) is 2.24. The van der Waals surface area contributed by atoms with E-state index in [2.05, 4.69) is 5.32 Å². The van der Waals surface area contributed by atoms with Crippen LogP contribution in [-0.4, -0.2) is 52.9 Å². The van der Waals surface area contributed by atoms with E-state index in [1.807, 2.05) is 0 Å².